The number of hydrogen-bond acceptors (Lipinski definition) is 4. The van der Waals surface area contributed by atoms with Gasteiger partial charge in [-0.05, 0) is 43.7 Å². The van der Waals surface area contributed by atoms with Crippen molar-refractivity contribution in [3.8, 4) is 17.2 Å². The molecule has 0 aliphatic heterocycles. The molecular weight excluding hydrogens is 318 g/mol. The molecule has 0 saturated carbocycles. The summed E-state index contributed by atoms with van der Waals surface area (Å²) in [5.74, 6) is 1.91. The molecule has 0 bridgehead atoms. The number of benzene rings is 2. The highest BCUT2D eigenvalue weighted by Gasteiger charge is 2.19. The van der Waals surface area contributed by atoms with Crippen LogP contribution < -0.4 is 14.2 Å². The second-order valence-corrected chi connectivity index (χ2v) is 5.96. The van der Waals surface area contributed by atoms with Crippen LogP contribution in [0.25, 0.3) is 0 Å². The predicted octanol–water partition coefficient (Wildman–Crippen LogP) is 3.44. The van der Waals surface area contributed by atoms with E-state index in [1.54, 1.807) is 33.1 Å². The second-order valence-electron chi connectivity index (χ2n) is 5.96. The van der Waals surface area contributed by atoms with Crippen molar-refractivity contribution in [2.75, 3.05) is 21.3 Å². The summed E-state index contributed by atoms with van der Waals surface area (Å²) in [6.07, 6.45) is -0.562. The molecule has 1 amide bonds. The Morgan fingerprint density at radius 1 is 1.04 bits per heavy atom. The van der Waals surface area contributed by atoms with Gasteiger partial charge in [-0.25, -0.2) is 0 Å². The van der Waals surface area contributed by atoms with Gasteiger partial charge < -0.3 is 19.1 Å². The molecule has 5 heteroatoms. The van der Waals surface area contributed by atoms with E-state index in [1.165, 1.54) is 0 Å². The lowest BCUT2D eigenvalue weighted by molar-refractivity contribution is -0.137. The zero-order chi connectivity index (χ0) is 18.4. The molecule has 2 rings (SSSR count). The van der Waals surface area contributed by atoms with Gasteiger partial charge in [-0.1, -0.05) is 23.8 Å². The molecule has 0 saturated heterocycles. The summed E-state index contributed by atoms with van der Waals surface area (Å²) in [6.45, 7) is 4.23. The van der Waals surface area contributed by atoms with E-state index in [4.69, 9.17) is 14.2 Å². The van der Waals surface area contributed by atoms with Crippen LogP contribution in [-0.4, -0.2) is 38.2 Å². The zero-order valence-electron chi connectivity index (χ0n) is 15.4. The number of carbonyl (C=O) groups excluding carboxylic acids is 1. The monoisotopic (exact) mass is 343 g/mol. The number of aryl methyl sites for hydroxylation is 1. The third-order valence-electron chi connectivity index (χ3n) is 3.93. The van der Waals surface area contributed by atoms with Gasteiger partial charge in [0.2, 0.25) is 0 Å². The first kappa shape index (κ1) is 18.6. The maximum Gasteiger partial charge on any atom is 0.263 e. The quantitative estimate of drug-likeness (QED) is 0.773. The highest BCUT2D eigenvalue weighted by atomic mass is 16.5. The van der Waals surface area contributed by atoms with Crippen LogP contribution in [0.2, 0.25) is 0 Å². The molecule has 0 aliphatic carbocycles. The molecule has 5 nitrogen and oxygen atoms in total. The van der Waals surface area contributed by atoms with E-state index in [1.807, 2.05) is 49.4 Å². The fourth-order valence-electron chi connectivity index (χ4n) is 2.51. The van der Waals surface area contributed by atoms with Crippen LogP contribution >= 0.6 is 0 Å². The lowest BCUT2D eigenvalue weighted by Crippen LogP contribution is -2.37. The Morgan fingerprint density at radius 2 is 1.68 bits per heavy atom. The number of likely N-dealkylation sites (N-methyl/N-ethyl adjacent to an activating group) is 1. The van der Waals surface area contributed by atoms with Crippen LogP contribution in [0.5, 0.6) is 17.2 Å². The van der Waals surface area contributed by atoms with Gasteiger partial charge in [0.25, 0.3) is 5.91 Å². The number of carbonyl (C=O) groups is 1. The molecule has 134 valence electrons. The summed E-state index contributed by atoms with van der Waals surface area (Å²) in [5, 5.41) is 0. The van der Waals surface area contributed by atoms with Crippen LogP contribution in [0.3, 0.4) is 0 Å². The zero-order valence-corrected chi connectivity index (χ0v) is 15.4. The van der Waals surface area contributed by atoms with Crippen LogP contribution in [0.1, 0.15) is 18.1 Å². The Balaban J connectivity index is 2.00. The molecule has 0 N–H and O–H groups in total. The highest BCUT2D eigenvalue weighted by molar-refractivity contribution is 5.80. The fraction of sp³-hybridized carbons (Fsp3) is 0.350. The third-order valence-corrected chi connectivity index (χ3v) is 3.93. The smallest absolute Gasteiger partial charge is 0.263 e. The van der Waals surface area contributed by atoms with Gasteiger partial charge >= 0.3 is 0 Å². The van der Waals surface area contributed by atoms with Gasteiger partial charge in [0, 0.05) is 13.6 Å². The second kappa shape index (κ2) is 8.42. The Kier molecular flexibility index (Phi) is 6.28. The van der Waals surface area contributed by atoms with Crippen molar-refractivity contribution in [1.82, 2.24) is 4.90 Å². The summed E-state index contributed by atoms with van der Waals surface area (Å²) in [5.41, 5.74) is 2.10. The summed E-state index contributed by atoms with van der Waals surface area (Å²) in [6, 6.07) is 13.3. The van der Waals surface area contributed by atoms with Crippen molar-refractivity contribution in [2.45, 2.75) is 26.5 Å². The Morgan fingerprint density at radius 3 is 2.28 bits per heavy atom. The van der Waals surface area contributed by atoms with Crippen molar-refractivity contribution in [2.24, 2.45) is 0 Å². The van der Waals surface area contributed by atoms with Gasteiger partial charge in [-0.2, -0.15) is 0 Å². The number of ether oxygens (including phenoxy) is 3. The average Bonchev–Trinajstić information content (AvgIpc) is 2.62. The van der Waals surface area contributed by atoms with E-state index < -0.39 is 6.10 Å². The highest BCUT2D eigenvalue weighted by Crippen LogP contribution is 2.28. The number of amides is 1. The van der Waals surface area contributed by atoms with Crippen molar-refractivity contribution >= 4 is 5.91 Å². The molecule has 0 aromatic heterocycles. The van der Waals surface area contributed by atoms with E-state index in [0.717, 1.165) is 11.1 Å². The van der Waals surface area contributed by atoms with Gasteiger partial charge in [0.1, 0.15) is 5.75 Å². The Bertz CT molecular complexity index is 712. The van der Waals surface area contributed by atoms with Crippen LogP contribution in [-0.2, 0) is 11.3 Å². The first-order valence-electron chi connectivity index (χ1n) is 8.13. The third kappa shape index (κ3) is 4.89. The molecule has 1 atom stereocenters. The van der Waals surface area contributed by atoms with E-state index in [-0.39, 0.29) is 5.91 Å². The number of hydrogen-bond donors (Lipinski definition) is 0. The number of methoxy groups -OCH3 is 2. The molecule has 0 radical (unpaired) electrons. The first-order valence-corrected chi connectivity index (χ1v) is 8.13. The molecule has 0 unspecified atom stereocenters. The normalized spacial score (nSPS) is 11.6. The molecule has 25 heavy (non-hydrogen) atoms. The Labute approximate surface area is 149 Å². The first-order chi connectivity index (χ1) is 11.9. The molecule has 0 aliphatic rings. The van der Waals surface area contributed by atoms with Crippen LogP contribution in [0.15, 0.2) is 42.5 Å². The van der Waals surface area contributed by atoms with E-state index >= 15 is 0 Å². The topological polar surface area (TPSA) is 48.0 Å². The summed E-state index contributed by atoms with van der Waals surface area (Å²) >= 11 is 0. The molecular formula is C20H25NO4. The van der Waals surface area contributed by atoms with Crippen molar-refractivity contribution in [3.05, 3.63) is 53.6 Å². The summed E-state index contributed by atoms with van der Waals surface area (Å²) in [4.78, 5) is 14.2. The minimum absolute atomic E-state index is 0.0876. The lowest BCUT2D eigenvalue weighted by Gasteiger charge is -2.22. The molecule has 0 spiro atoms. The summed E-state index contributed by atoms with van der Waals surface area (Å²) < 4.78 is 16.3. The molecule has 0 heterocycles. The van der Waals surface area contributed by atoms with Crippen molar-refractivity contribution < 1.29 is 19.0 Å². The minimum Gasteiger partial charge on any atom is -0.493 e. The van der Waals surface area contributed by atoms with Gasteiger partial charge in [-0.15, -0.1) is 0 Å². The van der Waals surface area contributed by atoms with Crippen LogP contribution in [0.4, 0.5) is 0 Å². The SMILES string of the molecule is COc1ccc(CN(C)C(=O)[C@H](C)Oc2ccc(C)cc2)cc1OC. The van der Waals surface area contributed by atoms with Crippen LogP contribution in [0, 0.1) is 6.92 Å². The van der Waals surface area contributed by atoms with E-state index in [9.17, 15) is 4.79 Å². The molecule has 2 aromatic carbocycles. The minimum atomic E-state index is -0.562. The van der Waals surface area contributed by atoms with E-state index in [2.05, 4.69) is 0 Å². The molecule has 2 aromatic rings. The fourth-order valence-corrected chi connectivity index (χ4v) is 2.51. The van der Waals surface area contributed by atoms with Gasteiger partial charge in [-0.3, -0.25) is 4.79 Å². The van der Waals surface area contributed by atoms with Crippen molar-refractivity contribution in [3.63, 3.8) is 0 Å². The Hall–Kier alpha value is -2.69. The largest absolute Gasteiger partial charge is 0.493 e. The maximum atomic E-state index is 12.5. The van der Waals surface area contributed by atoms with Gasteiger partial charge in [0.15, 0.2) is 17.6 Å². The van der Waals surface area contributed by atoms with Gasteiger partial charge in [0.05, 0.1) is 14.2 Å². The predicted molar refractivity (Wildman–Crippen MR) is 97.3 cm³/mol. The average molecular weight is 343 g/mol. The maximum absolute atomic E-state index is 12.5. The van der Waals surface area contributed by atoms with E-state index in [0.29, 0.717) is 23.8 Å². The number of nitrogens with zero attached hydrogens (tertiary/aromatic N) is 1. The lowest BCUT2D eigenvalue weighted by atomic mass is 10.2. The molecule has 0 fully saturated rings. The summed E-state index contributed by atoms with van der Waals surface area (Å²) in [7, 11) is 4.94. The van der Waals surface area contributed by atoms with Crippen molar-refractivity contribution in [1.29, 1.82) is 0 Å². The standard InChI is InChI=1S/C20H25NO4/c1-14-6-9-17(10-7-14)25-15(2)20(22)21(3)13-16-8-11-18(23-4)19(12-16)24-5/h6-12,15H,13H2,1-5H3/t15-/m0/s1. The number of rotatable bonds is 7.